The Labute approximate surface area is 864 Å². The van der Waals surface area contributed by atoms with E-state index in [2.05, 4.69) is 533 Å². The lowest BCUT2D eigenvalue weighted by molar-refractivity contribution is 0.318. The number of anilines is 4. The second-order valence-electron chi connectivity index (χ2n) is 35.3. The Morgan fingerprint density at radius 2 is 0.674 bits per heavy atom. The van der Waals surface area contributed by atoms with Crippen LogP contribution in [0.4, 0.5) is 23.0 Å². The van der Waals surface area contributed by atoms with Gasteiger partial charge in [-0.2, -0.15) is 9.97 Å². The SMILES string of the molecule is CBr.CBr.CBr.CBr.CBr.CBr.CN(C)C.CN(C)C.Cc1ccc(C)c(-c2nc(Br)nc(N(C)C)n2)c1.Cc1ccc2c(N(C)C)c(C)ccc2c1.Cc1ccc2c(c1)C(Br)(N(C)C)c1cc(C)ccc1-2.Cc1ccc2c(c1)C(N(C)C)c1cc(C)ccc1-2.Cc1ccc2c(c1)C(c1ccc(N(C)C)cc1)c1cc(C)ccc1-2.Cc1ccc2c(c1)Cc1cc(C)c(N(C)C)cc1-2. The molecule has 132 heavy (non-hydrogen) atoms. The lowest BCUT2D eigenvalue weighted by Gasteiger charge is -2.33. The molecule has 4 aliphatic carbocycles. The quantitative estimate of drug-likeness (QED) is 0.108. The van der Waals surface area contributed by atoms with E-state index >= 15 is 0 Å². The molecule has 1 heterocycles. The summed E-state index contributed by atoms with van der Waals surface area (Å²) in [5, 5.41) is 2.66. The predicted molar refractivity (Wildman–Crippen MR) is 616 cm³/mol. The number of nitrogens with zero attached hydrogens (tertiary/aromatic N) is 11. The number of fused-ring (bicyclic) bond motifs is 13. The molecule has 0 saturated carbocycles. The molecule has 0 atom stereocenters. The minimum atomic E-state index is -0.213. The normalized spacial score (nSPS) is 11.6. The van der Waals surface area contributed by atoms with Crippen LogP contribution >= 0.6 is 127 Å². The number of benzene rings is 12. The number of hydrogen-bond acceptors (Lipinski definition) is 11. The van der Waals surface area contributed by atoms with Crippen molar-refractivity contribution in [3.63, 3.8) is 0 Å². The minimum absolute atomic E-state index is 0.213. The van der Waals surface area contributed by atoms with Gasteiger partial charge in [-0.3, -0.25) is 9.80 Å². The van der Waals surface area contributed by atoms with E-state index < -0.39 is 0 Å². The van der Waals surface area contributed by atoms with Crippen LogP contribution in [0, 0.1) is 83.1 Å². The number of rotatable bonds is 8. The van der Waals surface area contributed by atoms with Crippen LogP contribution in [0.2, 0.25) is 0 Å². The van der Waals surface area contributed by atoms with Crippen molar-refractivity contribution in [2.75, 3.05) is 181 Å². The number of aryl methyl sites for hydroxylation is 12. The highest BCUT2D eigenvalue weighted by Crippen LogP contribution is 2.55. The maximum atomic E-state index is 4.48. The van der Waals surface area contributed by atoms with Crippen LogP contribution in [0.25, 0.3) is 66.7 Å². The predicted octanol–water partition coefficient (Wildman–Crippen LogP) is 30.8. The fourth-order valence-corrected chi connectivity index (χ4v) is 17.5. The third-order valence-corrected chi connectivity index (χ3v) is 24.0. The molecule has 0 saturated heterocycles. The zero-order valence-corrected chi connectivity index (χ0v) is 98.2. The van der Waals surface area contributed by atoms with Gasteiger partial charge in [0.25, 0.3) is 0 Å². The molecule has 11 nitrogen and oxygen atoms in total. The topological polar surface area (TPSA) is 64.6 Å². The van der Waals surface area contributed by atoms with Crippen LogP contribution in [0.1, 0.15) is 129 Å². The zero-order chi connectivity index (χ0) is 99.8. The minimum Gasteiger partial charge on any atom is -0.378 e. The van der Waals surface area contributed by atoms with Gasteiger partial charge >= 0.3 is 0 Å². The first kappa shape index (κ1) is 117. The van der Waals surface area contributed by atoms with Crippen molar-refractivity contribution >= 4 is 161 Å². The summed E-state index contributed by atoms with van der Waals surface area (Å²) in [5.41, 5.74) is 44.4. The third kappa shape index (κ3) is 30.9. The highest BCUT2D eigenvalue weighted by atomic mass is 79.9. The average molecular weight is 2300 g/mol. The molecule has 0 radical (unpaired) electrons. The largest absolute Gasteiger partial charge is 0.378 e. The summed E-state index contributed by atoms with van der Waals surface area (Å²) < 4.78 is 0.340. The summed E-state index contributed by atoms with van der Waals surface area (Å²) in [7, 11) is 37.0. The molecule has 0 spiro atoms. The summed E-state index contributed by atoms with van der Waals surface area (Å²) in [5.74, 6) is 12.6. The number of alkyl halides is 7. The fourth-order valence-electron chi connectivity index (χ4n) is 16.6. The van der Waals surface area contributed by atoms with E-state index in [4.69, 9.17) is 0 Å². The lowest BCUT2D eigenvalue weighted by Crippen LogP contribution is -2.34. The Morgan fingerprint density at radius 1 is 0.303 bits per heavy atom. The molecular formula is C113H147Br8N11. The molecule has 0 amide bonds. The summed E-state index contributed by atoms with van der Waals surface area (Å²) in [4.78, 5) is 30.0. The number of halogens is 8. The van der Waals surface area contributed by atoms with Crippen molar-refractivity contribution in [2.45, 2.75) is 106 Å². The fraction of sp³-hybridized carbons (Fsp3) is 0.354. The molecule has 0 fully saturated rings. The zero-order valence-electron chi connectivity index (χ0n) is 85.5. The maximum Gasteiger partial charge on any atom is 0.229 e. The van der Waals surface area contributed by atoms with Crippen molar-refractivity contribution in [1.82, 2.24) is 34.6 Å². The van der Waals surface area contributed by atoms with Gasteiger partial charge < -0.3 is 29.4 Å². The van der Waals surface area contributed by atoms with Crippen molar-refractivity contribution in [3.05, 3.63) is 334 Å². The van der Waals surface area contributed by atoms with Gasteiger partial charge in [0.15, 0.2) is 5.82 Å². The molecule has 0 unspecified atom stereocenters. The standard InChI is InChI=1S/C23H23N.C17H18BrN.2C17H19N.C14H17N.C13H15BrN4.2C3H9N.6CH3Br/c1-15-5-11-19-20-12-6-16(2)14-22(20)23(21(19)13-15)17-7-9-18(10-8-17)24(3)4;1-11-5-7-13-14-8-6-12(2)10-16(14)17(18,19(3)4)15(13)9-11;1-11-5-7-13-14-8-6-12(2)10-16(14)17(18(3)4)15(13)9-11;1-11-5-6-15-13(7-11)9-14-8-12(2)17(18(3)4)10-16(14)15;1-10-5-8-13-12(9-10)7-6-11(2)14(13)15(3)4;1-8-5-6-9(2)10(7-8)11-15-12(14)17-13(16-11)18(3)4;2*1-4(2)3;6*1-2/h5-14,23H,1-4H3;5-10H,1-4H3;5-10,17H,1-4H3;5-8,10H,9H2,1-4H3;5-9H,1-4H3;5-7H,1-4H3;2*1-3H3;6*1H3. The van der Waals surface area contributed by atoms with Gasteiger partial charge in [-0.25, -0.2) is 4.98 Å². The molecule has 4 aliphatic rings. The van der Waals surface area contributed by atoms with E-state index in [-0.39, 0.29) is 4.45 Å². The van der Waals surface area contributed by atoms with Crippen molar-refractivity contribution in [2.24, 2.45) is 0 Å². The summed E-state index contributed by atoms with van der Waals surface area (Å²) in [6.45, 7) is 25.8. The van der Waals surface area contributed by atoms with E-state index in [0.29, 0.717) is 28.5 Å². The van der Waals surface area contributed by atoms with Gasteiger partial charge in [0, 0.05) is 90.3 Å². The smallest absolute Gasteiger partial charge is 0.229 e. The first-order chi connectivity index (χ1) is 62.6. The molecule has 0 bridgehead atoms. The van der Waals surface area contributed by atoms with Gasteiger partial charge in [-0.05, 0) is 352 Å². The van der Waals surface area contributed by atoms with Crippen LogP contribution < -0.4 is 19.6 Å². The van der Waals surface area contributed by atoms with Gasteiger partial charge in [0.05, 0.1) is 6.04 Å². The van der Waals surface area contributed by atoms with Gasteiger partial charge in [0.2, 0.25) is 10.7 Å². The molecule has 12 aromatic carbocycles. The third-order valence-electron chi connectivity index (χ3n) is 22.1. The molecule has 0 N–H and O–H groups in total. The maximum absolute atomic E-state index is 4.48. The molecule has 17 rings (SSSR count). The van der Waals surface area contributed by atoms with Gasteiger partial charge in [-0.1, -0.05) is 350 Å². The second-order valence-corrected chi connectivity index (χ2v) is 37.1. The van der Waals surface area contributed by atoms with Crippen molar-refractivity contribution in [1.29, 1.82) is 0 Å². The van der Waals surface area contributed by atoms with Crippen LogP contribution in [0.15, 0.2) is 217 Å². The van der Waals surface area contributed by atoms with Crippen molar-refractivity contribution < 1.29 is 0 Å². The first-order valence-corrected chi connectivity index (χ1v) is 54.9. The Kier molecular flexibility index (Phi) is 50.1. The lowest BCUT2D eigenvalue weighted by atomic mass is 9.88. The molecule has 0 aliphatic heterocycles. The molecule has 13 aromatic rings. The number of hydrogen-bond donors (Lipinski definition) is 0. The van der Waals surface area contributed by atoms with E-state index in [9.17, 15) is 0 Å². The van der Waals surface area contributed by atoms with Crippen LogP contribution in [0.5, 0.6) is 0 Å². The second kappa shape index (κ2) is 56.5. The Hall–Kier alpha value is -7.21. The molecular weight excluding hydrogens is 2150 g/mol. The van der Waals surface area contributed by atoms with Gasteiger partial charge in [0.1, 0.15) is 4.45 Å². The highest BCUT2D eigenvalue weighted by Gasteiger charge is 2.43. The Bertz CT molecular complexity index is 5660. The highest BCUT2D eigenvalue weighted by molar-refractivity contribution is 9.10. The first-order valence-electron chi connectivity index (χ1n) is 43.8. The molecule has 1 aromatic heterocycles. The molecule has 710 valence electrons. The van der Waals surface area contributed by atoms with E-state index in [1.807, 2.05) is 106 Å². The van der Waals surface area contributed by atoms with Crippen LogP contribution in [-0.4, -0.2) is 196 Å². The summed E-state index contributed by atoms with van der Waals surface area (Å²) >= 11 is 25.0. The van der Waals surface area contributed by atoms with Gasteiger partial charge in [-0.15, -0.1) is 0 Å². The summed E-state index contributed by atoms with van der Waals surface area (Å²) in [6, 6.07) is 78.9. The van der Waals surface area contributed by atoms with E-state index in [1.165, 1.54) is 184 Å². The van der Waals surface area contributed by atoms with Crippen molar-refractivity contribution in [3.8, 4) is 55.9 Å². The Balaban J connectivity index is 0.000000319. The average Bonchev–Trinajstić information content (AvgIpc) is 1.58. The van der Waals surface area contributed by atoms with Crippen LogP contribution in [-0.2, 0) is 10.9 Å². The monoisotopic (exact) mass is 2290 g/mol. The van der Waals surface area contributed by atoms with E-state index in [1.54, 1.807) is 0 Å². The van der Waals surface area contributed by atoms with Crippen LogP contribution in [0.3, 0.4) is 0 Å². The molecule has 19 heteroatoms. The number of aromatic nitrogens is 3. The van der Waals surface area contributed by atoms with E-state index in [0.717, 1.165) is 17.5 Å². The summed E-state index contributed by atoms with van der Waals surface area (Å²) in [6.07, 6.45) is 1.08. The Morgan fingerprint density at radius 3 is 1.09 bits per heavy atom.